The van der Waals surface area contributed by atoms with Gasteiger partial charge in [0.05, 0.1) is 12.8 Å². The summed E-state index contributed by atoms with van der Waals surface area (Å²) < 4.78 is 5.16. The van der Waals surface area contributed by atoms with E-state index in [2.05, 4.69) is 10.6 Å². The van der Waals surface area contributed by atoms with E-state index >= 15 is 0 Å². The lowest BCUT2D eigenvalue weighted by atomic mass is 10.1. The van der Waals surface area contributed by atoms with Gasteiger partial charge < -0.3 is 15.4 Å². The van der Waals surface area contributed by atoms with Gasteiger partial charge in [-0.2, -0.15) is 0 Å². The molecule has 0 unspecified atom stereocenters. The van der Waals surface area contributed by atoms with E-state index in [0.717, 1.165) is 5.56 Å². The van der Waals surface area contributed by atoms with E-state index in [1.165, 1.54) is 14.0 Å². The van der Waals surface area contributed by atoms with Crippen molar-refractivity contribution in [2.75, 3.05) is 12.4 Å². The molecule has 2 amide bonds. The molecule has 0 saturated heterocycles. The summed E-state index contributed by atoms with van der Waals surface area (Å²) in [5.41, 5.74) is 1.83. The monoisotopic (exact) mass is 332 g/mol. The molecule has 0 aromatic heterocycles. The minimum atomic E-state index is -0.241. The highest BCUT2D eigenvalue weighted by Gasteiger charge is 2.11. The number of carbonyl (C=O) groups excluding carboxylic acids is 2. The predicted octanol–water partition coefficient (Wildman–Crippen LogP) is 3.24. The van der Waals surface area contributed by atoms with Crippen LogP contribution in [0.3, 0.4) is 0 Å². The van der Waals surface area contributed by atoms with Gasteiger partial charge in [0.15, 0.2) is 0 Å². The van der Waals surface area contributed by atoms with Crippen molar-refractivity contribution in [2.45, 2.75) is 13.5 Å². The molecule has 0 bridgehead atoms. The zero-order valence-electron chi connectivity index (χ0n) is 12.9. The number of methoxy groups -OCH3 is 1. The number of hydrogen-bond donors (Lipinski definition) is 2. The van der Waals surface area contributed by atoms with Gasteiger partial charge in [0.2, 0.25) is 5.91 Å². The van der Waals surface area contributed by atoms with Gasteiger partial charge in [0.25, 0.3) is 5.91 Å². The fourth-order valence-corrected chi connectivity index (χ4v) is 2.15. The van der Waals surface area contributed by atoms with Crippen LogP contribution in [0.5, 0.6) is 5.75 Å². The SMILES string of the molecule is COc1ccc(C(=O)NCc2ccc(Cl)cc2)cc1NC(C)=O. The van der Waals surface area contributed by atoms with Gasteiger partial charge >= 0.3 is 0 Å². The normalized spacial score (nSPS) is 10.0. The topological polar surface area (TPSA) is 67.4 Å². The number of hydrogen-bond acceptors (Lipinski definition) is 3. The van der Waals surface area contributed by atoms with Crippen LogP contribution in [-0.2, 0) is 11.3 Å². The standard InChI is InChI=1S/C17H17ClN2O3/c1-11(21)20-15-9-13(5-8-16(15)23-2)17(22)19-10-12-3-6-14(18)7-4-12/h3-9H,10H2,1-2H3,(H,19,22)(H,20,21). The molecular formula is C17H17ClN2O3. The Kier molecular flexibility index (Phi) is 5.60. The first-order valence-electron chi connectivity index (χ1n) is 6.98. The molecule has 23 heavy (non-hydrogen) atoms. The van der Waals surface area contributed by atoms with Crippen molar-refractivity contribution in [2.24, 2.45) is 0 Å². The van der Waals surface area contributed by atoms with Crippen LogP contribution >= 0.6 is 11.6 Å². The fraction of sp³-hybridized carbons (Fsp3) is 0.176. The van der Waals surface area contributed by atoms with E-state index in [-0.39, 0.29) is 11.8 Å². The van der Waals surface area contributed by atoms with Crippen molar-refractivity contribution >= 4 is 29.1 Å². The smallest absolute Gasteiger partial charge is 0.251 e. The van der Waals surface area contributed by atoms with Crippen molar-refractivity contribution in [1.29, 1.82) is 0 Å². The van der Waals surface area contributed by atoms with Crippen molar-refractivity contribution in [3.8, 4) is 5.75 Å². The van der Waals surface area contributed by atoms with Crippen LogP contribution in [0.15, 0.2) is 42.5 Å². The number of halogens is 1. The Balaban J connectivity index is 2.09. The first-order valence-corrected chi connectivity index (χ1v) is 7.35. The molecule has 2 aromatic carbocycles. The van der Waals surface area contributed by atoms with Crippen molar-refractivity contribution in [1.82, 2.24) is 5.32 Å². The van der Waals surface area contributed by atoms with Gasteiger partial charge in [0.1, 0.15) is 5.75 Å². The molecule has 0 aliphatic heterocycles. The summed E-state index contributed by atoms with van der Waals surface area (Å²) >= 11 is 5.82. The lowest BCUT2D eigenvalue weighted by Crippen LogP contribution is -2.23. The zero-order valence-corrected chi connectivity index (χ0v) is 13.6. The van der Waals surface area contributed by atoms with Crippen LogP contribution in [0.2, 0.25) is 5.02 Å². The second-order valence-electron chi connectivity index (χ2n) is 4.91. The second kappa shape index (κ2) is 7.65. The molecule has 0 aliphatic carbocycles. The van der Waals surface area contributed by atoms with Crippen molar-refractivity contribution < 1.29 is 14.3 Å². The highest BCUT2D eigenvalue weighted by Crippen LogP contribution is 2.25. The number of anilines is 1. The average molecular weight is 333 g/mol. The number of carbonyl (C=O) groups is 2. The van der Waals surface area contributed by atoms with E-state index in [0.29, 0.717) is 28.6 Å². The summed E-state index contributed by atoms with van der Waals surface area (Å²) in [4.78, 5) is 23.5. The fourth-order valence-electron chi connectivity index (χ4n) is 2.02. The molecule has 0 heterocycles. The Morgan fingerprint density at radius 1 is 1.13 bits per heavy atom. The molecule has 5 nitrogen and oxygen atoms in total. The summed E-state index contributed by atoms with van der Waals surface area (Å²) in [6.45, 7) is 1.78. The van der Waals surface area contributed by atoms with E-state index in [1.54, 1.807) is 30.3 Å². The Morgan fingerprint density at radius 2 is 1.83 bits per heavy atom. The highest BCUT2D eigenvalue weighted by molar-refractivity contribution is 6.30. The predicted molar refractivity (Wildman–Crippen MR) is 89.9 cm³/mol. The third kappa shape index (κ3) is 4.72. The van der Waals surface area contributed by atoms with Crippen LogP contribution in [0, 0.1) is 0 Å². The van der Waals surface area contributed by atoms with E-state index in [1.807, 2.05) is 12.1 Å². The second-order valence-corrected chi connectivity index (χ2v) is 5.34. The van der Waals surface area contributed by atoms with Gasteiger partial charge in [0, 0.05) is 24.1 Å². The summed E-state index contributed by atoms with van der Waals surface area (Å²) in [7, 11) is 1.50. The minimum absolute atomic E-state index is 0.234. The first-order chi connectivity index (χ1) is 11.0. The lowest BCUT2D eigenvalue weighted by molar-refractivity contribution is -0.114. The summed E-state index contributed by atoms with van der Waals surface area (Å²) in [6.07, 6.45) is 0. The molecular weight excluding hydrogens is 316 g/mol. The van der Waals surface area contributed by atoms with Gasteiger partial charge in [-0.3, -0.25) is 9.59 Å². The number of amides is 2. The first kappa shape index (κ1) is 16.8. The highest BCUT2D eigenvalue weighted by atomic mass is 35.5. The van der Waals surface area contributed by atoms with Crippen LogP contribution in [0.4, 0.5) is 5.69 Å². The van der Waals surface area contributed by atoms with E-state index in [4.69, 9.17) is 16.3 Å². The quantitative estimate of drug-likeness (QED) is 0.883. The Labute approximate surface area is 139 Å². The Morgan fingerprint density at radius 3 is 2.43 bits per heavy atom. The number of nitrogens with one attached hydrogen (secondary N) is 2. The molecule has 0 spiro atoms. The number of ether oxygens (including phenoxy) is 1. The van der Waals surface area contributed by atoms with Gasteiger partial charge in [-0.25, -0.2) is 0 Å². The van der Waals surface area contributed by atoms with Crippen LogP contribution in [0.25, 0.3) is 0 Å². The van der Waals surface area contributed by atoms with Crippen LogP contribution in [-0.4, -0.2) is 18.9 Å². The molecule has 6 heteroatoms. The Bertz CT molecular complexity index is 714. The maximum atomic E-state index is 12.2. The van der Waals surface area contributed by atoms with Gasteiger partial charge in [-0.05, 0) is 35.9 Å². The molecule has 2 rings (SSSR count). The molecule has 2 N–H and O–H groups in total. The van der Waals surface area contributed by atoms with Crippen molar-refractivity contribution in [3.63, 3.8) is 0 Å². The summed E-state index contributed by atoms with van der Waals surface area (Å²) in [5, 5.41) is 6.11. The number of benzene rings is 2. The lowest BCUT2D eigenvalue weighted by Gasteiger charge is -2.11. The van der Waals surface area contributed by atoms with E-state index in [9.17, 15) is 9.59 Å². The average Bonchev–Trinajstić information content (AvgIpc) is 2.53. The third-order valence-electron chi connectivity index (χ3n) is 3.14. The van der Waals surface area contributed by atoms with Crippen molar-refractivity contribution in [3.05, 3.63) is 58.6 Å². The van der Waals surface area contributed by atoms with Crippen LogP contribution < -0.4 is 15.4 Å². The maximum Gasteiger partial charge on any atom is 0.251 e. The van der Waals surface area contributed by atoms with Gasteiger partial charge in [-0.15, -0.1) is 0 Å². The zero-order chi connectivity index (χ0) is 16.8. The molecule has 120 valence electrons. The largest absolute Gasteiger partial charge is 0.495 e. The van der Waals surface area contributed by atoms with E-state index < -0.39 is 0 Å². The molecule has 2 aromatic rings. The maximum absolute atomic E-state index is 12.2. The molecule has 0 radical (unpaired) electrons. The molecule has 0 atom stereocenters. The summed E-state index contributed by atoms with van der Waals surface area (Å²) in [6, 6.07) is 12.1. The van der Waals surface area contributed by atoms with Gasteiger partial charge in [-0.1, -0.05) is 23.7 Å². The molecule has 0 fully saturated rings. The molecule has 0 aliphatic rings. The minimum Gasteiger partial charge on any atom is -0.495 e. The van der Waals surface area contributed by atoms with Crippen LogP contribution in [0.1, 0.15) is 22.8 Å². The Hall–Kier alpha value is -2.53. The third-order valence-corrected chi connectivity index (χ3v) is 3.39. The summed E-state index contributed by atoms with van der Waals surface area (Å²) in [5.74, 6) is 0.0191. The number of rotatable bonds is 5. The molecule has 0 saturated carbocycles.